The van der Waals surface area contributed by atoms with E-state index in [1.54, 1.807) is 7.11 Å². The average molecular weight is 399 g/mol. The lowest BCUT2D eigenvalue weighted by Gasteiger charge is -2.14. The molecule has 1 aromatic heterocycles. The SMILES string of the molecule is COc1ccc(CCn2c(C)cc(C(=O)COC(=O)C3=COCCO3)c2C)cc1. The molecular formula is C22H25NO6. The summed E-state index contributed by atoms with van der Waals surface area (Å²) in [6.45, 7) is 4.93. The number of carbonyl (C=O) groups is 2. The average Bonchev–Trinajstić information content (AvgIpc) is 3.04. The highest BCUT2D eigenvalue weighted by molar-refractivity contribution is 6.00. The van der Waals surface area contributed by atoms with Gasteiger partial charge in [-0.1, -0.05) is 12.1 Å². The first-order chi connectivity index (χ1) is 14.0. The van der Waals surface area contributed by atoms with Gasteiger partial charge >= 0.3 is 5.97 Å². The van der Waals surface area contributed by atoms with Crippen LogP contribution < -0.4 is 4.74 Å². The summed E-state index contributed by atoms with van der Waals surface area (Å²) < 4.78 is 22.5. The number of benzene rings is 1. The van der Waals surface area contributed by atoms with E-state index in [0.29, 0.717) is 12.2 Å². The summed E-state index contributed by atoms with van der Waals surface area (Å²) in [5.74, 6) is -0.148. The summed E-state index contributed by atoms with van der Waals surface area (Å²) in [6.07, 6.45) is 2.04. The lowest BCUT2D eigenvalue weighted by molar-refractivity contribution is -0.143. The minimum atomic E-state index is -0.702. The van der Waals surface area contributed by atoms with Crippen molar-refractivity contribution in [1.82, 2.24) is 4.57 Å². The number of hydrogen-bond donors (Lipinski definition) is 0. The van der Waals surface area contributed by atoms with Crippen molar-refractivity contribution in [2.75, 3.05) is 26.9 Å². The standard InChI is InChI=1S/C22H25NO6/c1-15-12-19(20(24)13-29-22(25)21-14-27-10-11-28-21)16(2)23(15)9-8-17-4-6-18(26-3)7-5-17/h4-7,12,14H,8-11,13H2,1-3H3. The van der Waals surface area contributed by atoms with Crippen LogP contribution in [0.15, 0.2) is 42.4 Å². The summed E-state index contributed by atoms with van der Waals surface area (Å²) in [6, 6.07) is 9.77. The van der Waals surface area contributed by atoms with Crippen LogP contribution in [0.4, 0.5) is 0 Å². The summed E-state index contributed by atoms with van der Waals surface area (Å²) in [5, 5.41) is 0. The van der Waals surface area contributed by atoms with E-state index in [2.05, 4.69) is 4.57 Å². The van der Waals surface area contributed by atoms with Gasteiger partial charge in [-0.3, -0.25) is 4.79 Å². The van der Waals surface area contributed by atoms with Crippen molar-refractivity contribution < 1.29 is 28.5 Å². The molecule has 1 aliphatic heterocycles. The molecule has 1 aliphatic rings. The fraction of sp³-hybridized carbons (Fsp3) is 0.364. The van der Waals surface area contributed by atoms with Gasteiger partial charge < -0.3 is 23.5 Å². The molecule has 7 heteroatoms. The zero-order valence-corrected chi connectivity index (χ0v) is 16.9. The van der Waals surface area contributed by atoms with Crippen LogP contribution in [-0.4, -0.2) is 43.3 Å². The molecule has 29 heavy (non-hydrogen) atoms. The van der Waals surface area contributed by atoms with Crippen LogP contribution in [0.1, 0.15) is 27.3 Å². The van der Waals surface area contributed by atoms with Crippen molar-refractivity contribution in [3.63, 3.8) is 0 Å². The molecule has 2 heterocycles. The first kappa shape index (κ1) is 20.5. The van der Waals surface area contributed by atoms with Crippen LogP contribution in [0.25, 0.3) is 0 Å². The van der Waals surface area contributed by atoms with Crippen molar-refractivity contribution >= 4 is 11.8 Å². The highest BCUT2D eigenvalue weighted by atomic mass is 16.6. The van der Waals surface area contributed by atoms with Crippen molar-refractivity contribution in [3.8, 4) is 5.75 Å². The number of nitrogens with zero attached hydrogens (tertiary/aromatic N) is 1. The first-order valence-electron chi connectivity index (χ1n) is 9.44. The molecule has 0 fully saturated rings. The molecule has 0 N–H and O–H groups in total. The number of ether oxygens (including phenoxy) is 4. The van der Waals surface area contributed by atoms with Gasteiger partial charge in [0.1, 0.15) is 25.2 Å². The molecule has 0 unspecified atom stereocenters. The maximum absolute atomic E-state index is 12.6. The predicted molar refractivity (Wildman–Crippen MR) is 106 cm³/mol. The Kier molecular flexibility index (Phi) is 6.59. The Morgan fingerprint density at radius 2 is 1.90 bits per heavy atom. The lowest BCUT2D eigenvalue weighted by atomic mass is 10.1. The monoisotopic (exact) mass is 399 g/mol. The number of esters is 1. The van der Waals surface area contributed by atoms with Gasteiger partial charge in [-0.15, -0.1) is 0 Å². The Hall–Kier alpha value is -3.22. The van der Waals surface area contributed by atoms with Crippen LogP contribution in [-0.2, 0) is 32.0 Å². The molecule has 3 rings (SSSR count). The van der Waals surface area contributed by atoms with E-state index in [4.69, 9.17) is 18.9 Å². The zero-order valence-electron chi connectivity index (χ0n) is 16.9. The Labute approximate surface area is 169 Å². The second-order valence-electron chi connectivity index (χ2n) is 6.74. The van der Waals surface area contributed by atoms with Crippen LogP contribution in [0.3, 0.4) is 0 Å². The quantitative estimate of drug-likeness (QED) is 0.502. The Bertz CT molecular complexity index is 910. The second kappa shape index (κ2) is 9.32. The number of hydrogen-bond acceptors (Lipinski definition) is 6. The summed E-state index contributed by atoms with van der Waals surface area (Å²) in [5.41, 5.74) is 3.58. The molecule has 7 nitrogen and oxygen atoms in total. The van der Waals surface area contributed by atoms with Gasteiger partial charge in [-0.2, -0.15) is 0 Å². The molecule has 0 atom stereocenters. The van der Waals surface area contributed by atoms with Crippen molar-refractivity contribution in [2.45, 2.75) is 26.8 Å². The van der Waals surface area contributed by atoms with E-state index in [-0.39, 0.29) is 24.8 Å². The number of Topliss-reactive ketones (excluding diaryl/α,β-unsaturated/α-hetero) is 1. The molecule has 0 saturated heterocycles. The minimum Gasteiger partial charge on any atom is -0.497 e. The minimum absolute atomic E-state index is 0.0194. The Morgan fingerprint density at radius 3 is 2.55 bits per heavy atom. The molecule has 0 amide bonds. The van der Waals surface area contributed by atoms with E-state index >= 15 is 0 Å². The van der Waals surface area contributed by atoms with E-state index in [1.807, 2.05) is 44.2 Å². The molecule has 0 aliphatic carbocycles. The highest BCUT2D eigenvalue weighted by Gasteiger charge is 2.21. The van der Waals surface area contributed by atoms with E-state index in [0.717, 1.165) is 30.1 Å². The van der Waals surface area contributed by atoms with Gasteiger partial charge in [-0.05, 0) is 44.0 Å². The number of rotatable bonds is 8. The van der Waals surface area contributed by atoms with Crippen molar-refractivity contribution in [3.05, 3.63) is 64.9 Å². The third kappa shape index (κ3) is 4.99. The molecule has 0 spiro atoms. The van der Waals surface area contributed by atoms with Crippen LogP contribution >= 0.6 is 0 Å². The summed E-state index contributed by atoms with van der Waals surface area (Å²) in [7, 11) is 1.64. The van der Waals surface area contributed by atoms with Crippen LogP contribution in [0.2, 0.25) is 0 Å². The molecule has 0 radical (unpaired) electrons. The Balaban J connectivity index is 1.60. The zero-order chi connectivity index (χ0) is 20.8. The Morgan fingerprint density at radius 1 is 1.14 bits per heavy atom. The fourth-order valence-corrected chi connectivity index (χ4v) is 3.22. The largest absolute Gasteiger partial charge is 0.497 e. The maximum Gasteiger partial charge on any atom is 0.377 e. The second-order valence-corrected chi connectivity index (χ2v) is 6.74. The predicted octanol–water partition coefficient (Wildman–Crippen LogP) is 2.97. The van der Waals surface area contributed by atoms with Crippen LogP contribution in [0.5, 0.6) is 5.75 Å². The van der Waals surface area contributed by atoms with E-state index in [9.17, 15) is 9.59 Å². The number of carbonyl (C=O) groups excluding carboxylic acids is 2. The topological polar surface area (TPSA) is 76.0 Å². The maximum atomic E-state index is 12.6. The van der Waals surface area contributed by atoms with Crippen LogP contribution in [0, 0.1) is 13.8 Å². The van der Waals surface area contributed by atoms with Gasteiger partial charge in [0.15, 0.2) is 6.61 Å². The summed E-state index contributed by atoms with van der Waals surface area (Å²) in [4.78, 5) is 24.5. The molecule has 2 aromatic rings. The highest BCUT2D eigenvalue weighted by Crippen LogP contribution is 2.18. The van der Waals surface area contributed by atoms with E-state index < -0.39 is 5.97 Å². The fourth-order valence-electron chi connectivity index (χ4n) is 3.22. The van der Waals surface area contributed by atoms with Gasteiger partial charge in [-0.25, -0.2) is 4.79 Å². The third-order valence-electron chi connectivity index (χ3n) is 4.84. The van der Waals surface area contributed by atoms with Gasteiger partial charge in [0, 0.05) is 23.5 Å². The smallest absolute Gasteiger partial charge is 0.377 e. The molecule has 0 bridgehead atoms. The number of aryl methyl sites for hydroxylation is 2. The third-order valence-corrected chi connectivity index (χ3v) is 4.84. The molecular weight excluding hydrogens is 374 g/mol. The van der Waals surface area contributed by atoms with Crippen molar-refractivity contribution in [2.24, 2.45) is 0 Å². The van der Waals surface area contributed by atoms with Gasteiger partial charge in [0.05, 0.1) is 7.11 Å². The number of aromatic nitrogens is 1. The van der Waals surface area contributed by atoms with Gasteiger partial charge in [0.2, 0.25) is 11.5 Å². The normalized spacial score (nSPS) is 13.1. The van der Waals surface area contributed by atoms with Gasteiger partial charge in [0.25, 0.3) is 0 Å². The molecule has 0 saturated carbocycles. The first-order valence-corrected chi connectivity index (χ1v) is 9.44. The number of methoxy groups -OCH3 is 1. The number of ketones is 1. The molecule has 154 valence electrons. The molecule has 1 aromatic carbocycles. The van der Waals surface area contributed by atoms with E-state index in [1.165, 1.54) is 11.8 Å². The lowest BCUT2D eigenvalue weighted by Crippen LogP contribution is -2.20. The summed E-state index contributed by atoms with van der Waals surface area (Å²) >= 11 is 0. The van der Waals surface area contributed by atoms with Crippen molar-refractivity contribution in [1.29, 1.82) is 0 Å².